The summed E-state index contributed by atoms with van der Waals surface area (Å²) in [5.41, 5.74) is 6.31. The highest BCUT2D eigenvalue weighted by atomic mass is 32.1. The molecule has 1 aromatic heterocycles. The van der Waals surface area contributed by atoms with E-state index in [1.807, 2.05) is 24.3 Å². The predicted molar refractivity (Wildman–Crippen MR) is 82.9 cm³/mol. The van der Waals surface area contributed by atoms with E-state index in [9.17, 15) is 0 Å². The van der Waals surface area contributed by atoms with Crippen molar-refractivity contribution in [1.29, 1.82) is 0 Å². The average molecular weight is 292 g/mol. The predicted octanol–water partition coefficient (Wildman–Crippen LogP) is 2.92. The number of hydrogen-bond acceptors (Lipinski definition) is 6. The SMILES string of the molecule is CC(C)(C)c1nsc(Nc2cccc(OCCN)c2)n1. The van der Waals surface area contributed by atoms with E-state index in [0.717, 1.165) is 22.4 Å². The largest absolute Gasteiger partial charge is 0.492 e. The topological polar surface area (TPSA) is 73.1 Å². The highest BCUT2D eigenvalue weighted by Crippen LogP contribution is 2.26. The molecule has 0 unspecified atom stereocenters. The van der Waals surface area contributed by atoms with Gasteiger partial charge in [0, 0.05) is 35.2 Å². The van der Waals surface area contributed by atoms with Gasteiger partial charge >= 0.3 is 0 Å². The molecule has 0 bridgehead atoms. The van der Waals surface area contributed by atoms with Gasteiger partial charge in [0.15, 0.2) is 0 Å². The second-order valence-corrected chi connectivity index (χ2v) is 6.21. The molecule has 1 heterocycles. The van der Waals surface area contributed by atoms with Crippen LogP contribution in [0, 0.1) is 0 Å². The summed E-state index contributed by atoms with van der Waals surface area (Å²) in [6.07, 6.45) is 0. The third kappa shape index (κ3) is 3.91. The summed E-state index contributed by atoms with van der Waals surface area (Å²) in [5, 5.41) is 4.03. The third-order valence-electron chi connectivity index (χ3n) is 2.57. The van der Waals surface area contributed by atoms with Gasteiger partial charge in [-0.1, -0.05) is 26.8 Å². The molecule has 1 aromatic carbocycles. The van der Waals surface area contributed by atoms with Crippen LogP contribution < -0.4 is 15.8 Å². The number of ether oxygens (including phenoxy) is 1. The van der Waals surface area contributed by atoms with Crippen molar-refractivity contribution in [3.05, 3.63) is 30.1 Å². The van der Waals surface area contributed by atoms with Crippen LogP contribution in [-0.4, -0.2) is 22.5 Å². The van der Waals surface area contributed by atoms with E-state index in [-0.39, 0.29) is 5.41 Å². The number of aromatic nitrogens is 2. The standard InChI is InChI=1S/C14H20N4OS/c1-14(2,3)12-17-13(20-18-12)16-10-5-4-6-11(9-10)19-8-7-15/h4-6,9H,7-8,15H2,1-3H3,(H,16,17,18). The van der Waals surface area contributed by atoms with Crippen LogP contribution in [0.3, 0.4) is 0 Å². The number of nitrogens with two attached hydrogens (primary N) is 1. The van der Waals surface area contributed by atoms with Crippen molar-refractivity contribution in [3.63, 3.8) is 0 Å². The molecule has 108 valence electrons. The second-order valence-electron chi connectivity index (χ2n) is 5.46. The van der Waals surface area contributed by atoms with Crippen LogP contribution in [0.4, 0.5) is 10.8 Å². The summed E-state index contributed by atoms with van der Waals surface area (Å²) in [6, 6.07) is 7.72. The zero-order valence-electron chi connectivity index (χ0n) is 12.0. The molecule has 0 saturated heterocycles. The van der Waals surface area contributed by atoms with Crippen LogP contribution in [-0.2, 0) is 5.41 Å². The number of nitrogens with one attached hydrogen (secondary N) is 1. The zero-order chi connectivity index (χ0) is 14.6. The van der Waals surface area contributed by atoms with Gasteiger partial charge in [-0.05, 0) is 12.1 Å². The van der Waals surface area contributed by atoms with Gasteiger partial charge in [-0.15, -0.1) is 0 Å². The molecule has 0 aliphatic heterocycles. The highest BCUT2D eigenvalue weighted by molar-refractivity contribution is 7.09. The Morgan fingerprint density at radius 3 is 2.80 bits per heavy atom. The summed E-state index contributed by atoms with van der Waals surface area (Å²) >= 11 is 1.36. The number of rotatable bonds is 5. The Hall–Kier alpha value is -1.66. The molecule has 0 aliphatic carbocycles. The molecule has 20 heavy (non-hydrogen) atoms. The molecule has 2 rings (SSSR count). The van der Waals surface area contributed by atoms with Gasteiger partial charge in [-0.3, -0.25) is 0 Å². The molecule has 0 spiro atoms. The van der Waals surface area contributed by atoms with E-state index in [2.05, 4.69) is 35.4 Å². The normalized spacial score (nSPS) is 11.4. The van der Waals surface area contributed by atoms with E-state index in [4.69, 9.17) is 10.5 Å². The van der Waals surface area contributed by atoms with Crippen LogP contribution in [0.15, 0.2) is 24.3 Å². The fourth-order valence-corrected chi connectivity index (χ4v) is 2.32. The monoisotopic (exact) mass is 292 g/mol. The molecular weight excluding hydrogens is 272 g/mol. The van der Waals surface area contributed by atoms with Gasteiger partial charge < -0.3 is 15.8 Å². The molecule has 5 nitrogen and oxygen atoms in total. The number of benzene rings is 1. The van der Waals surface area contributed by atoms with Crippen LogP contribution in [0.2, 0.25) is 0 Å². The van der Waals surface area contributed by atoms with Gasteiger partial charge in [-0.2, -0.15) is 4.37 Å². The van der Waals surface area contributed by atoms with Crippen molar-refractivity contribution in [2.45, 2.75) is 26.2 Å². The first kappa shape index (κ1) is 14.7. The minimum atomic E-state index is -0.0392. The Labute approximate surface area is 123 Å². The molecule has 0 aliphatic rings. The molecule has 0 amide bonds. The van der Waals surface area contributed by atoms with Crippen molar-refractivity contribution in [2.24, 2.45) is 5.73 Å². The Bertz CT molecular complexity index is 562. The smallest absolute Gasteiger partial charge is 0.207 e. The highest BCUT2D eigenvalue weighted by Gasteiger charge is 2.19. The van der Waals surface area contributed by atoms with Crippen molar-refractivity contribution < 1.29 is 4.74 Å². The number of nitrogens with zero attached hydrogens (tertiary/aromatic N) is 2. The zero-order valence-corrected chi connectivity index (χ0v) is 12.8. The lowest BCUT2D eigenvalue weighted by Gasteiger charge is -2.12. The van der Waals surface area contributed by atoms with Crippen molar-refractivity contribution in [3.8, 4) is 5.75 Å². The van der Waals surface area contributed by atoms with Crippen LogP contribution in [0.5, 0.6) is 5.75 Å². The molecule has 0 fully saturated rings. The molecule has 2 aromatic rings. The van der Waals surface area contributed by atoms with Gasteiger partial charge in [-0.25, -0.2) is 4.98 Å². The fourth-order valence-electron chi connectivity index (χ4n) is 1.54. The van der Waals surface area contributed by atoms with Gasteiger partial charge in [0.05, 0.1) is 0 Å². The maximum absolute atomic E-state index is 5.50. The maximum atomic E-state index is 5.50. The Morgan fingerprint density at radius 1 is 1.35 bits per heavy atom. The Morgan fingerprint density at radius 2 is 2.15 bits per heavy atom. The number of anilines is 2. The van der Waals surface area contributed by atoms with Gasteiger partial charge in [0.1, 0.15) is 18.2 Å². The summed E-state index contributed by atoms with van der Waals surface area (Å²) in [4.78, 5) is 4.50. The fraction of sp³-hybridized carbons (Fsp3) is 0.429. The average Bonchev–Trinajstić information content (AvgIpc) is 2.85. The summed E-state index contributed by atoms with van der Waals surface area (Å²) in [7, 11) is 0. The van der Waals surface area contributed by atoms with E-state index < -0.39 is 0 Å². The third-order valence-corrected chi connectivity index (χ3v) is 3.20. The lowest BCUT2D eigenvalue weighted by Crippen LogP contribution is -2.13. The van der Waals surface area contributed by atoms with Crippen molar-refractivity contribution >= 4 is 22.4 Å². The second kappa shape index (κ2) is 6.19. The summed E-state index contributed by atoms with van der Waals surface area (Å²) in [6.45, 7) is 7.31. The molecule has 0 atom stereocenters. The lowest BCUT2D eigenvalue weighted by atomic mass is 9.96. The first-order chi connectivity index (χ1) is 9.49. The number of hydrogen-bond donors (Lipinski definition) is 2. The Balaban J connectivity index is 2.08. The van der Waals surface area contributed by atoms with E-state index in [0.29, 0.717) is 13.2 Å². The summed E-state index contributed by atoms with van der Waals surface area (Å²) < 4.78 is 9.87. The minimum Gasteiger partial charge on any atom is -0.492 e. The molecule has 0 radical (unpaired) electrons. The molecule has 0 saturated carbocycles. The quantitative estimate of drug-likeness (QED) is 0.886. The first-order valence-corrected chi connectivity index (χ1v) is 7.30. The van der Waals surface area contributed by atoms with Crippen LogP contribution in [0.25, 0.3) is 0 Å². The molecular formula is C14H20N4OS. The van der Waals surface area contributed by atoms with Crippen LogP contribution >= 0.6 is 11.5 Å². The lowest BCUT2D eigenvalue weighted by molar-refractivity contribution is 0.328. The molecule has 3 N–H and O–H groups in total. The van der Waals surface area contributed by atoms with E-state index >= 15 is 0 Å². The minimum absolute atomic E-state index is 0.0392. The van der Waals surface area contributed by atoms with Crippen molar-refractivity contribution in [2.75, 3.05) is 18.5 Å². The molecule has 6 heteroatoms. The van der Waals surface area contributed by atoms with E-state index in [1.165, 1.54) is 11.5 Å². The van der Waals surface area contributed by atoms with Gasteiger partial charge in [0.2, 0.25) is 5.13 Å². The van der Waals surface area contributed by atoms with Crippen molar-refractivity contribution in [1.82, 2.24) is 9.36 Å². The first-order valence-electron chi connectivity index (χ1n) is 6.53. The Kier molecular flexibility index (Phi) is 4.57. The summed E-state index contributed by atoms with van der Waals surface area (Å²) in [5.74, 6) is 1.64. The van der Waals surface area contributed by atoms with Gasteiger partial charge in [0.25, 0.3) is 0 Å². The van der Waals surface area contributed by atoms with E-state index in [1.54, 1.807) is 0 Å². The maximum Gasteiger partial charge on any atom is 0.207 e. The van der Waals surface area contributed by atoms with Crippen LogP contribution in [0.1, 0.15) is 26.6 Å².